The molecule has 19 heavy (non-hydrogen) atoms. The summed E-state index contributed by atoms with van der Waals surface area (Å²) in [5.41, 5.74) is 8.60. The molecular formula is C13H15FN4S. The van der Waals surface area contributed by atoms with Crippen molar-refractivity contribution in [2.24, 2.45) is 12.8 Å². The Kier molecular flexibility index (Phi) is 3.53. The molecule has 1 aromatic heterocycles. The fourth-order valence-corrected chi connectivity index (χ4v) is 2.29. The van der Waals surface area contributed by atoms with E-state index < -0.39 is 0 Å². The van der Waals surface area contributed by atoms with E-state index in [1.165, 1.54) is 12.1 Å². The molecular weight excluding hydrogens is 263 g/mol. The summed E-state index contributed by atoms with van der Waals surface area (Å²) in [5, 5.41) is 7.38. The summed E-state index contributed by atoms with van der Waals surface area (Å²) in [5.74, 6) is 0.369. The average molecular weight is 278 g/mol. The summed E-state index contributed by atoms with van der Waals surface area (Å²) in [6.45, 7) is 3.66. The van der Waals surface area contributed by atoms with Crippen LogP contribution in [0.1, 0.15) is 16.8 Å². The topological polar surface area (TPSA) is 55.9 Å². The lowest BCUT2D eigenvalue weighted by Crippen LogP contribution is -2.13. The number of hydrogen-bond donors (Lipinski definition) is 2. The third-order valence-electron chi connectivity index (χ3n) is 2.77. The van der Waals surface area contributed by atoms with Crippen molar-refractivity contribution in [1.29, 1.82) is 0 Å². The highest BCUT2D eigenvalue weighted by atomic mass is 32.1. The Morgan fingerprint density at radius 1 is 1.37 bits per heavy atom. The number of anilines is 2. The lowest BCUT2D eigenvalue weighted by molar-refractivity contribution is 0.627. The number of rotatable bonds is 3. The molecule has 0 radical (unpaired) electrons. The highest BCUT2D eigenvalue weighted by Crippen LogP contribution is 2.24. The molecule has 0 aliphatic rings. The Labute approximate surface area is 116 Å². The number of nitrogens with zero attached hydrogens (tertiary/aromatic N) is 2. The number of nitrogens with one attached hydrogen (secondary N) is 1. The zero-order chi connectivity index (χ0) is 14.2. The molecule has 0 spiro atoms. The maximum Gasteiger partial charge on any atom is 0.138 e. The number of aryl methyl sites for hydroxylation is 3. The largest absolute Gasteiger partial charge is 0.389 e. The van der Waals surface area contributed by atoms with Gasteiger partial charge in [0.2, 0.25) is 0 Å². The van der Waals surface area contributed by atoms with E-state index in [4.69, 9.17) is 18.0 Å². The Hall–Kier alpha value is -1.95. The summed E-state index contributed by atoms with van der Waals surface area (Å²) in [4.78, 5) is 0.265. The first-order valence-electron chi connectivity index (χ1n) is 5.76. The molecule has 2 aromatic rings. The molecule has 0 unspecified atom stereocenters. The van der Waals surface area contributed by atoms with Crippen LogP contribution in [0.15, 0.2) is 18.2 Å². The molecule has 0 amide bonds. The normalized spacial score (nSPS) is 10.5. The minimum Gasteiger partial charge on any atom is -0.389 e. The van der Waals surface area contributed by atoms with Crippen LogP contribution >= 0.6 is 12.2 Å². The number of halogens is 1. The number of hydrogen-bond acceptors (Lipinski definition) is 3. The SMILES string of the molecule is Cc1cc(F)cc(Nc2c(C(N)=S)c(C)nn2C)c1. The van der Waals surface area contributed by atoms with E-state index in [9.17, 15) is 4.39 Å². The van der Waals surface area contributed by atoms with E-state index >= 15 is 0 Å². The van der Waals surface area contributed by atoms with Crippen molar-refractivity contribution in [3.63, 3.8) is 0 Å². The summed E-state index contributed by atoms with van der Waals surface area (Å²) >= 11 is 5.03. The molecule has 6 heteroatoms. The molecule has 0 saturated carbocycles. The van der Waals surface area contributed by atoms with Gasteiger partial charge in [-0.25, -0.2) is 4.39 Å². The lowest BCUT2D eigenvalue weighted by Gasteiger charge is -2.10. The van der Waals surface area contributed by atoms with Crippen LogP contribution in [0.4, 0.5) is 15.9 Å². The first kappa shape index (κ1) is 13.5. The molecule has 2 rings (SSSR count). The standard InChI is InChI=1S/C13H15FN4S/c1-7-4-9(14)6-10(5-7)16-13-11(12(15)19)8(2)17-18(13)3/h4-6,16H,1-3H3,(H2,15,19). The Morgan fingerprint density at radius 3 is 2.63 bits per heavy atom. The monoisotopic (exact) mass is 278 g/mol. The van der Waals surface area contributed by atoms with Crippen molar-refractivity contribution in [2.45, 2.75) is 13.8 Å². The second-order valence-electron chi connectivity index (χ2n) is 4.44. The van der Waals surface area contributed by atoms with Crippen LogP contribution in [-0.4, -0.2) is 14.8 Å². The van der Waals surface area contributed by atoms with Crippen LogP contribution in [0.25, 0.3) is 0 Å². The molecule has 0 atom stereocenters. The molecule has 0 fully saturated rings. The third kappa shape index (κ3) is 2.73. The van der Waals surface area contributed by atoms with Gasteiger partial charge in [-0.2, -0.15) is 5.10 Å². The van der Waals surface area contributed by atoms with Gasteiger partial charge in [0.05, 0.1) is 11.3 Å². The fourth-order valence-electron chi connectivity index (χ4n) is 2.04. The highest BCUT2D eigenvalue weighted by molar-refractivity contribution is 7.80. The molecule has 1 aromatic carbocycles. The third-order valence-corrected chi connectivity index (χ3v) is 2.98. The van der Waals surface area contributed by atoms with E-state index in [2.05, 4.69) is 10.4 Å². The molecule has 4 nitrogen and oxygen atoms in total. The second kappa shape index (κ2) is 4.97. The quantitative estimate of drug-likeness (QED) is 0.847. The van der Waals surface area contributed by atoms with Crippen LogP contribution < -0.4 is 11.1 Å². The zero-order valence-corrected chi connectivity index (χ0v) is 11.8. The maximum atomic E-state index is 13.4. The highest BCUT2D eigenvalue weighted by Gasteiger charge is 2.15. The van der Waals surface area contributed by atoms with Gasteiger partial charge in [-0.3, -0.25) is 4.68 Å². The Morgan fingerprint density at radius 2 is 2.05 bits per heavy atom. The number of nitrogens with two attached hydrogens (primary N) is 1. The molecule has 0 aliphatic carbocycles. The van der Waals surface area contributed by atoms with Crippen LogP contribution in [0.3, 0.4) is 0 Å². The summed E-state index contributed by atoms with van der Waals surface area (Å²) in [6.07, 6.45) is 0. The Bertz CT molecular complexity index is 628. The second-order valence-corrected chi connectivity index (χ2v) is 4.88. The van der Waals surface area contributed by atoms with Gasteiger partial charge < -0.3 is 11.1 Å². The number of benzene rings is 1. The summed E-state index contributed by atoms with van der Waals surface area (Å²) in [6, 6.07) is 4.72. The van der Waals surface area contributed by atoms with Gasteiger partial charge in [-0.05, 0) is 37.6 Å². The maximum absolute atomic E-state index is 13.4. The van der Waals surface area contributed by atoms with Crippen LogP contribution in [-0.2, 0) is 7.05 Å². The van der Waals surface area contributed by atoms with E-state index in [1.54, 1.807) is 11.7 Å². The van der Waals surface area contributed by atoms with Gasteiger partial charge in [-0.15, -0.1) is 0 Å². The molecule has 0 bridgehead atoms. The molecule has 3 N–H and O–H groups in total. The Balaban J connectivity index is 2.46. The van der Waals surface area contributed by atoms with Crippen molar-refractivity contribution < 1.29 is 4.39 Å². The summed E-state index contributed by atoms with van der Waals surface area (Å²) < 4.78 is 15.0. The predicted octanol–water partition coefficient (Wildman–Crippen LogP) is 2.55. The molecule has 1 heterocycles. The van der Waals surface area contributed by atoms with Gasteiger partial charge >= 0.3 is 0 Å². The number of thiocarbonyl (C=S) groups is 1. The minimum atomic E-state index is -0.293. The van der Waals surface area contributed by atoms with Crippen molar-refractivity contribution in [1.82, 2.24) is 9.78 Å². The van der Waals surface area contributed by atoms with E-state index in [1.807, 2.05) is 19.9 Å². The van der Waals surface area contributed by atoms with Gasteiger partial charge in [-0.1, -0.05) is 12.2 Å². The zero-order valence-electron chi connectivity index (χ0n) is 11.0. The first-order valence-corrected chi connectivity index (χ1v) is 6.17. The van der Waals surface area contributed by atoms with Crippen molar-refractivity contribution >= 4 is 28.7 Å². The van der Waals surface area contributed by atoms with E-state index in [0.29, 0.717) is 17.1 Å². The average Bonchev–Trinajstić information content (AvgIpc) is 2.52. The van der Waals surface area contributed by atoms with Crippen molar-refractivity contribution in [3.8, 4) is 0 Å². The van der Waals surface area contributed by atoms with E-state index in [-0.39, 0.29) is 10.8 Å². The van der Waals surface area contributed by atoms with Crippen LogP contribution in [0.2, 0.25) is 0 Å². The first-order chi connectivity index (χ1) is 8.88. The van der Waals surface area contributed by atoms with E-state index in [0.717, 1.165) is 11.3 Å². The smallest absolute Gasteiger partial charge is 0.138 e. The van der Waals surface area contributed by atoms with Crippen LogP contribution in [0.5, 0.6) is 0 Å². The predicted molar refractivity (Wildman–Crippen MR) is 78.3 cm³/mol. The molecule has 0 aliphatic heterocycles. The minimum absolute atomic E-state index is 0.265. The van der Waals surface area contributed by atoms with Crippen molar-refractivity contribution in [3.05, 3.63) is 40.8 Å². The van der Waals surface area contributed by atoms with Crippen LogP contribution in [0, 0.1) is 19.7 Å². The molecule has 0 saturated heterocycles. The van der Waals surface area contributed by atoms with Gasteiger partial charge in [0.15, 0.2) is 0 Å². The van der Waals surface area contributed by atoms with Gasteiger partial charge in [0, 0.05) is 12.7 Å². The molecule has 100 valence electrons. The number of aromatic nitrogens is 2. The lowest BCUT2D eigenvalue weighted by atomic mass is 10.2. The van der Waals surface area contributed by atoms with Gasteiger partial charge in [0.25, 0.3) is 0 Å². The van der Waals surface area contributed by atoms with Gasteiger partial charge in [0.1, 0.15) is 16.6 Å². The fraction of sp³-hybridized carbons (Fsp3) is 0.231. The summed E-state index contributed by atoms with van der Waals surface area (Å²) in [7, 11) is 1.78. The van der Waals surface area contributed by atoms with Crippen molar-refractivity contribution in [2.75, 3.05) is 5.32 Å².